The summed E-state index contributed by atoms with van der Waals surface area (Å²) in [6.07, 6.45) is 0.891. The van der Waals surface area contributed by atoms with E-state index in [1.54, 1.807) is 18.2 Å². The predicted molar refractivity (Wildman–Crippen MR) is 110 cm³/mol. The molecule has 0 spiro atoms. The first kappa shape index (κ1) is 22.4. The van der Waals surface area contributed by atoms with Gasteiger partial charge in [0.15, 0.2) is 6.61 Å². The molecule has 0 aliphatic carbocycles. The molecule has 2 rings (SSSR count). The molecule has 2 aromatic rings. The normalized spacial score (nSPS) is 10.3. The van der Waals surface area contributed by atoms with Crippen LogP contribution in [0.4, 0.5) is 10.1 Å². The second-order valence-electron chi connectivity index (χ2n) is 6.05. The maximum Gasteiger partial charge on any atom is 0.307 e. The minimum atomic E-state index is -0.552. The summed E-state index contributed by atoms with van der Waals surface area (Å²) in [5.41, 5.74) is 1.71. The van der Waals surface area contributed by atoms with Crippen molar-refractivity contribution in [2.24, 2.45) is 0 Å². The van der Waals surface area contributed by atoms with Gasteiger partial charge in [-0.25, -0.2) is 4.39 Å². The molecule has 0 saturated carbocycles. The van der Waals surface area contributed by atoms with Crippen LogP contribution in [-0.2, 0) is 25.5 Å². The number of hydrogen-bond donors (Lipinski definition) is 2. The summed E-state index contributed by atoms with van der Waals surface area (Å²) in [6, 6.07) is 13.4. The highest BCUT2D eigenvalue weighted by atomic mass is 32.2. The number of rotatable bonds is 10. The quantitative estimate of drug-likeness (QED) is 0.457. The number of carbonyl (C=O) groups is 3. The Morgan fingerprint density at radius 2 is 1.76 bits per heavy atom. The number of carbonyl (C=O) groups excluding carboxylic acids is 3. The van der Waals surface area contributed by atoms with Crippen molar-refractivity contribution in [2.45, 2.75) is 24.7 Å². The Morgan fingerprint density at radius 1 is 1.03 bits per heavy atom. The molecule has 0 unspecified atom stereocenters. The van der Waals surface area contributed by atoms with E-state index in [0.29, 0.717) is 11.4 Å². The predicted octanol–water partition coefficient (Wildman–Crippen LogP) is 3.17. The Hall–Kier alpha value is -2.87. The monoisotopic (exact) mass is 418 g/mol. The molecule has 29 heavy (non-hydrogen) atoms. The first-order valence-corrected chi connectivity index (χ1v) is 10.1. The van der Waals surface area contributed by atoms with Crippen molar-refractivity contribution in [3.05, 3.63) is 59.9 Å². The van der Waals surface area contributed by atoms with Gasteiger partial charge in [0.1, 0.15) is 5.82 Å². The van der Waals surface area contributed by atoms with E-state index in [9.17, 15) is 18.8 Å². The summed E-state index contributed by atoms with van der Waals surface area (Å²) >= 11 is 1.39. The topological polar surface area (TPSA) is 84.5 Å². The standard InChI is InChI=1S/C21H23FN2O4S/c1-2-15-5-3-4-6-18(15)24-19(25)13-23-20(26)14-28-21(27)11-12-29-17-9-7-16(22)8-10-17/h3-10H,2,11-14H2,1H3,(H,23,26)(H,24,25). The lowest BCUT2D eigenvalue weighted by Crippen LogP contribution is -2.35. The molecule has 0 saturated heterocycles. The van der Waals surface area contributed by atoms with Gasteiger partial charge in [0.2, 0.25) is 5.91 Å². The van der Waals surface area contributed by atoms with Gasteiger partial charge in [-0.2, -0.15) is 0 Å². The molecule has 0 bridgehead atoms. The van der Waals surface area contributed by atoms with E-state index in [1.165, 1.54) is 23.9 Å². The lowest BCUT2D eigenvalue weighted by molar-refractivity contribution is -0.148. The van der Waals surface area contributed by atoms with E-state index >= 15 is 0 Å². The molecule has 2 N–H and O–H groups in total. The second kappa shape index (κ2) is 11.9. The number of amides is 2. The summed E-state index contributed by atoms with van der Waals surface area (Å²) in [5.74, 6) is -1.30. The number of nitrogens with one attached hydrogen (secondary N) is 2. The number of aryl methyl sites for hydroxylation is 1. The third-order valence-corrected chi connectivity index (χ3v) is 4.89. The fourth-order valence-electron chi connectivity index (χ4n) is 2.38. The number of halogens is 1. The summed E-state index contributed by atoms with van der Waals surface area (Å²) in [4.78, 5) is 36.2. The van der Waals surface area contributed by atoms with Crippen molar-refractivity contribution < 1.29 is 23.5 Å². The number of ether oxygens (including phenoxy) is 1. The van der Waals surface area contributed by atoms with E-state index in [0.717, 1.165) is 16.9 Å². The highest BCUT2D eigenvalue weighted by Crippen LogP contribution is 2.19. The molecule has 0 aromatic heterocycles. The molecule has 0 fully saturated rings. The van der Waals surface area contributed by atoms with Crippen LogP contribution in [-0.4, -0.2) is 36.7 Å². The second-order valence-corrected chi connectivity index (χ2v) is 7.22. The van der Waals surface area contributed by atoms with Crippen LogP contribution in [0.2, 0.25) is 0 Å². The van der Waals surface area contributed by atoms with Crippen molar-refractivity contribution in [3.8, 4) is 0 Å². The third-order valence-electron chi connectivity index (χ3n) is 3.87. The molecule has 8 heteroatoms. The average molecular weight is 418 g/mol. The van der Waals surface area contributed by atoms with Crippen LogP contribution >= 0.6 is 11.8 Å². The van der Waals surface area contributed by atoms with Gasteiger partial charge in [-0.15, -0.1) is 11.8 Å². The Morgan fingerprint density at radius 3 is 2.48 bits per heavy atom. The Labute approximate surface area is 173 Å². The van der Waals surface area contributed by atoms with E-state index in [2.05, 4.69) is 10.6 Å². The Kier molecular flexibility index (Phi) is 9.17. The zero-order valence-electron chi connectivity index (χ0n) is 16.1. The molecule has 0 atom stereocenters. The first-order valence-electron chi connectivity index (χ1n) is 9.16. The molecule has 6 nitrogen and oxygen atoms in total. The molecule has 0 heterocycles. The molecule has 154 valence electrons. The number of thioether (sulfide) groups is 1. The van der Waals surface area contributed by atoms with Crippen LogP contribution in [0.1, 0.15) is 18.9 Å². The van der Waals surface area contributed by atoms with Crippen LogP contribution in [0.3, 0.4) is 0 Å². The lowest BCUT2D eigenvalue weighted by atomic mass is 10.1. The minimum absolute atomic E-state index is 0.115. The van der Waals surface area contributed by atoms with Gasteiger partial charge in [0, 0.05) is 16.3 Å². The van der Waals surface area contributed by atoms with Crippen LogP contribution < -0.4 is 10.6 Å². The fourth-order valence-corrected chi connectivity index (χ4v) is 3.21. The van der Waals surface area contributed by atoms with Crippen molar-refractivity contribution >= 4 is 35.2 Å². The number of benzene rings is 2. The summed E-state index contributed by atoms with van der Waals surface area (Å²) in [6.45, 7) is 1.33. The number of para-hydroxylation sites is 1. The summed E-state index contributed by atoms with van der Waals surface area (Å²) in [5, 5.41) is 5.15. The average Bonchev–Trinajstić information content (AvgIpc) is 2.72. The van der Waals surface area contributed by atoms with Crippen LogP contribution in [0.25, 0.3) is 0 Å². The van der Waals surface area contributed by atoms with Gasteiger partial charge in [0.25, 0.3) is 5.91 Å². The molecule has 2 amide bonds. The Bertz CT molecular complexity index is 843. The molecule has 0 radical (unpaired) electrons. The molecule has 2 aromatic carbocycles. The van der Waals surface area contributed by atoms with Crippen LogP contribution in [0.15, 0.2) is 53.4 Å². The van der Waals surface area contributed by atoms with Gasteiger partial charge in [-0.1, -0.05) is 25.1 Å². The minimum Gasteiger partial charge on any atom is -0.456 e. The van der Waals surface area contributed by atoms with Crippen molar-refractivity contribution in [2.75, 3.05) is 24.2 Å². The Balaban J connectivity index is 1.61. The maximum absolute atomic E-state index is 12.8. The van der Waals surface area contributed by atoms with Crippen LogP contribution in [0.5, 0.6) is 0 Å². The number of esters is 1. The lowest BCUT2D eigenvalue weighted by Gasteiger charge is -2.10. The van der Waals surface area contributed by atoms with Gasteiger partial charge in [-0.3, -0.25) is 14.4 Å². The van der Waals surface area contributed by atoms with Gasteiger partial charge < -0.3 is 15.4 Å². The number of hydrogen-bond acceptors (Lipinski definition) is 5. The third kappa shape index (κ3) is 8.35. The smallest absolute Gasteiger partial charge is 0.307 e. The molecule has 0 aliphatic rings. The zero-order chi connectivity index (χ0) is 21.1. The van der Waals surface area contributed by atoms with Crippen LogP contribution in [0, 0.1) is 5.82 Å². The largest absolute Gasteiger partial charge is 0.456 e. The summed E-state index contributed by atoms with van der Waals surface area (Å²) < 4.78 is 17.7. The highest BCUT2D eigenvalue weighted by molar-refractivity contribution is 7.99. The number of anilines is 1. The summed E-state index contributed by atoms with van der Waals surface area (Å²) in [7, 11) is 0. The van der Waals surface area contributed by atoms with E-state index in [4.69, 9.17) is 4.74 Å². The van der Waals surface area contributed by atoms with Crippen molar-refractivity contribution in [1.29, 1.82) is 0 Å². The van der Waals surface area contributed by atoms with Gasteiger partial charge >= 0.3 is 5.97 Å². The SMILES string of the molecule is CCc1ccccc1NC(=O)CNC(=O)COC(=O)CCSc1ccc(F)cc1. The van der Waals surface area contributed by atoms with E-state index < -0.39 is 18.5 Å². The highest BCUT2D eigenvalue weighted by Gasteiger charge is 2.10. The zero-order valence-corrected chi connectivity index (χ0v) is 16.9. The van der Waals surface area contributed by atoms with E-state index in [-0.39, 0.29) is 24.7 Å². The maximum atomic E-state index is 12.8. The van der Waals surface area contributed by atoms with Crippen molar-refractivity contribution in [3.63, 3.8) is 0 Å². The van der Waals surface area contributed by atoms with Gasteiger partial charge in [0.05, 0.1) is 13.0 Å². The van der Waals surface area contributed by atoms with E-state index in [1.807, 2.05) is 25.1 Å². The first-order chi connectivity index (χ1) is 14.0. The van der Waals surface area contributed by atoms with Crippen molar-refractivity contribution in [1.82, 2.24) is 5.32 Å². The molecular formula is C21H23FN2O4S. The van der Waals surface area contributed by atoms with Gasteiger partial charge in [-0.05, 0) is 42.3 Å². The fraction of sp³-hybridized carbons (Fsp3) is 0.286. The molecule has 0 aliphatic heterocycles. The molecular weight excluding hydrogens is 395 g/mol.